The van der Waals surface area contributed by atoms with Gasteiger partial charge in [-0.1, -0.05) is 11.8 Å². The summed E-state index contributed by atoms with van der Waals surface area (Å²) < 4.78 is 4.94. The molecule has 0 aliphatic carbocycles. The summed E-state index contributed by atoms with van der Waals surface area (Å²) in [4.78, 5) is 4.15. The van der Waals surface area contributed by atoms with E-state index in [2.05, 4.69) is 9.36 Å². The van der Waals surface area contributed by atoms with Gasteiger partial charge in [0.05, 0.1) is 6.61 Å². The maximum absolute atomic E-state index is 8.65. The van der Waals surface area contributed by atoms with Gasteiger partial charge < -0.3 is 10.8 Å². The van der Waals surface area contributed by atoms with Crippen molar-refractivity contribution in [3.63, 3.8) is 0 Å². The monoisotopic (exact) mass is 205 g/mol. The van der Waals surface area contributed by atoms with Gasteiger partial charge in [-0.15, -0.1) is 0 Å². The predicted molar refractivity (Wildman–Crippen MR) is 50.4 cm³/mol. The van der Waals surface area contributed by atoms with Gasteiger partial charge >= 0.3 is 0 Å². The van der Waals surface area contributed by atoms with Crippen LogP contribution in [0.2, 0.25) is 0 Å². The van der Waals surface area contributed by atoms with E-state index in [1.807, 2.05) is 6.92 Å². The molecule has 0 radical (unpaired) electrons. The fraction of sp³-hybridized carbons (Fsp3) is 0.667. The van der Waals surface area contributed by atoms with Crippen molar-refractivity contribution < 1.29 is 5.11 Å². The second-order valence-electron chi connectivity index (χ2n) is 2.36. The summed E-state index contributed by atoms with van der Waals surface area (Å²) >= 11 is 2.90. The highest BCUT2D eigenvalue weighted by Gasteiger charge is 2.04. The zero-order valence-corrected chi connectivity index (χ0v) is 8.36. The summed E-state index contributed by atoms with van der Waals surface area (Å²) in [6, 6.07) is -0.167. The van der Waals surface area contributed by atoms with Crippen LogP contribution in [-0.2, 0) is 0 Å². The molecule has 68 valence electrons. The van der Waals surface area contributed by atoms with Gasteiger partial charge in [0.25, 0.3) is 0 Å². The summed E-state index contributed by atoms with van der Waals surface area (Å²) in [5, 5.41) is 8.65. The first kappa shape index (κ1) is 9.91. The lowest BCUT2D eigenvalue weighted by molar-refractivity contribution is 0.275. The Morgan fingerprint density at radius 3 is 3.00 bits per heavy atom. The third kappa shape index (κ3) is 3.06. The lowest BCUT2D eigenvalue weighted by atomic mass is 10.4. The van der Waals surface area contributed by atoms with E-state index in [0.717, 1.165) is 10.2 Å². The predicted octanol–water partition coefficient (Wildman–Crippen LogP) is 0.258. The lowest BCUT2D eigenvalue weighted by Gasteiger charge is -2.03. The Morgan fingerprint density at radius 1 is 1.75 bits per heavy atom. The minimum absolute atomic E-state index is 0.0186. The van der Waals surface area contributed by atoms with Gasteiger partial charge in [-0.25, -0.2) is 4.98 Å². The van der Waals surface area contributed by atoms with E-state index < -0.39 is 0 Å². The number of aryl methyl sites for hydroxylation is 1. The molecule has 0 fully saturated rings. The van der Waals surface area contributed by atoms with Gasteiger partial charge in [-0.2, -0.15) is 4.37 Å². The summed E-state index contributed by atoms with van der Waals surface area (Å²) in [7, 11) is 0. The Morgan fingerprint density at radius 2 is 2.50 bits per heavy atom. The van der Waals surface area contributed by atoms with Crippen molar-refractivity contribution in [1.29, 1.82) is 0 Å². The van der Waals surface area contributed by atoms with Crippen molar-refractivity contribution in [3.8, 4) is 0 Å². The van der Waals surface area contributed by atoms with Gasteiger partial charge in [-0.05, 0) is 18.5 Å². The Labute approximate surface area is 79.4 Å². The van der Waals surface area contributed by atoms with Crippen molar-refractivity contribution in [2.24, 2.45) is 5.73 Å². The molecular formula is C6H11N3OS2. The van der Waals surface area contributed by atoms with Crippen LogP contribution in [0.5, 0.6) is 0 Å². The molecule has 0 saturated heterocycles. The Bertz CT molecular complexity index is 240. The maximum Gasteiger partial charge on any atom is 0.170 e. The molecule has 0 spiro atoms. The average molecular weight is 205 g/mol. The molecule has 0 amide bonds. The fourth-order valence-electron chi connectivity index (χ4n) is 0.568. The molecule has 1 unspecified atom stereocenters. The highest BCUT2D eigenvalue weighted by Crippen LogP contribution is 2.19. The van der Waals surface area contributed by atoms with Crippen LogP contribution in [0.1, 0.15) is 5.82 Å². The molecule has 1 heterocycles. The number of hydrogen-bond donors (Lipinski definition) is 2. The first-order valence-electron chi connectivity index (χ1n) is 3.52. The topological polar surface area (TPSA) is 72.0 Å². The maximum atomic E-state index is 8.65. The molecule has 0 bridgehead atoms. The van der Waals surface area contributed by atoms with E-state index >= 15 is 0 Å². The van der Waals surface area contributed by atoms with Crippen molar-refractivity contribution in [1.82, 2.24) is 9.36 Å². The van der Waals surface area contributed by atoms with Gasteiger partial charge in [-0.3, -0.25) is 0 Å². The minimum atomic E-state index is -0.167. The molecule has 6 heteroatoms. The van der Waals surface area contributed by atoms with Crippen LogP contribution in [0.25, 0.3) is 0 Å². The minimum Gasteiger partial charge on any atom is -0.395 e. The van der Waals surface area contributed by atoms with Crippen LogP contribution < -0.4 is 5.73 Å². The molecule has 1 aromatic rings. The number of nitrogens with two attached hydrogens (primary N) is 1. The molecule has 0 saturated carbocycles. The number of rotatable bonds is 4. The lowest BCUT2D eigenvalue weighted by Crippen LogP contribution is -2.26. The van der Waals surface area contributed by atoms with Crippen LogP contribution in [-0.4, -0.2) is 32.9 Å². The van der Waals surface area contributed by atoms with E-state index in [9.17, 15) is 0 Å². The van der Waals surface area contributed by atoms with Gasteiger partial charge in [0, 0.05) is 11.8 Å². The third-order valence-electron chi connectivity index (χ3n) is 1.16. The van der Waals surface area contributed by atoms with E-state index in [4.69, 9.17) is 10.8 Å². The zero-order valence-electron chi connectivity index (χ0n) is 6.73. The molecule has 0 aliphatic rings. The highest BCUT2D eigenvalue weighted by molar-refractivity contribution is 8.00. The molecular weight excluding hydrogens is 194 g/mol. The van der Waals surface area contributed by atoms with Crippen molar-refractivity contribution in [2.45, 2.75) is 17.3 Å². The molecule has 1 atom stereocenters. The number of aromatic nitrogens is 2. The fourth-order valence-corrected chi connectivity index (χ4v) is 2.18. The van der Waals surface area contributed by atoms with Gasteiger partial charge in [0.15, 0.2) is 4.34 Å². The van der Waals surface area contributed by atoms with Crippen LogP contribution in [0, 0.1) is 6.92 Å². The van der Waals surface area contributed by atoms with Gasteiger partial charge in [0.2, 0.25) is 0 Å². The molecule has 0 aliphatic heterocycles. The SMILES string of the molecule is Cc1nsc(SCC(N)CO)n1. The van der Waals surface area contributed by atoms with Gasteiger partial charge in [0.1, 0.15) is 5.82 Å². The van der Waals surface area contributed by atoms with Crippen molar-refractivity contribution >= 4 is 23.3 Å². The average Bonchev–Trinajstić information content (AvgIpc) is 2.47. The number of nitrogens with zero attached hydrogens (tertiary/aromatic N) is 2. The molecule has 0 aromatic carbocycles. The standard InChI is InChI=1S/C6H11N3OS2/c1-4-8-6(12-9-4)11-3-5(7)2-10/h5,10H,2-3,7H2,1H3. The van der Waals surface area contributed by atoms with Crippen LogP contribution in [0.15, 0.2) is 4.34 Å². The highest BCUT2D eigenvalue weighted by atomic mass is 32.2. The summed E-state index contributed by atoms with van der Waals surface area (Å²) in [5.41, 5.74) is 5.51. The quantitative estimate of drug-likeness (QED) is 0.690. The van der Waals surface area contributed by atoms with Crippen LogP contribution in [0.3, 0.4) is 0 Å². The second kappa shape index (κ2) is 4.76. The number of thioether (sulfide) groups is 1. The molecule has 1 rings (SSSR count). The summed E-state index contributed by atoms with van der Waals surface area (Å²) in [6.07, 6.45) is 0. The number of aliphatic hydroxyl groups is 1. The van der Waals surface area contributed by atoms with E-state index in [1.165, 1.54) is 23.3 Å². The van der Waals surface area contributed by atoms with E-state index in [1.54, 1.807) is 0 Å². The molecule has 12 heavy (non-hydrogen) atoms. The normalized spacial score (nSPS) is 13.2. The second-order valence-corrected chi connectivity index (χ2v) is 4.38. The van der Waals surface area contributed by atoms with E-state index in [0.29, 0.717) is 5.75 Å². The number of aliphatic hydroxyl groups excluding tert-OH is 1. The van der Waals surface area contributed by atoms with E-state index in [-0.39, 0.29) is 12.6 Å². The largest absolute Gasteiger partial charge is 0.395 e. The summed E-state index contributed by atoms with van der Waals surface area (Å²) in [6.45, 7) is 1.87. The van der Waals surface area contributed by atoms with Crippen LogP contribution >= 0.6 is 23.3 Å². The Balaban J connectivity index is 2.33. The number of hydrogen-bond acceptors (Lipinski definition) is 6. The molecule has 3 N–H and O–H groups in total. The Kier molecular flexibility index (Phi) is 3.93. The molecule has 4 nitrogen and oxygen atoms in total. The van der Waals surface area contributed by atoms with Crippen LogP contribution in [0.4, 0.5) is 0 Å². The first-order chi connectivity index (χ1) is 5.72. The molecule has 1 aromatic heterocycles. The smallest absolute Gasteiger partial charge is 0.170 e. The third-order valence-corrected chi connectivity index (χ3v) is 3.28. The van der Waals surface area contributed by atoms with Crippen molar-refractivity contribution in [3.05, 3.63) is 5.82 Å². The first-order valence-corrected chi connectivity index (χ1v) is 5.28. The van der Waals surface area contributed by atoms with Crippen molar-refractivity contribution in [2.75, 3.05) is 12.4 Å². The summed E-state index contributed by atoms with van der Waals surface area (Å²) in [5.74, 6) is 1.48. The Hall–Kier alpha value is -0.170. The zero-order chi connectivity index (χ0) is 8.97.